The molecule has 0 saturated heterocycles. The molecule has 1 aromatic carbocycles. The van der Waals surface area contributed by atoms with E-state index in [9.17, 15) is 4.79 Å². The van der Waals surface area contributed by atoms with Gasteiger partial charge in [0, 0.05) is 28.2 Å². The van der Waals surface area contributed by atoms with Gasteiger partial charge in [-0.15, -0.1) is 0 Å². The summed E-state index contributed by atoms with van der Waals surface area (Å²) in [7, 11) is 0. The molecule has 106 valence electrons. The zero-order valence-electron chi connectivity index (χ0n) is 11.1. The van der Waals surface area contributed by atoms with E-state index in [2.05, 4.69) is 10.1 Å². The summed E-state index contributed by atoms with van der Waals surface area (Å²) < 4.78 is 1.56. The predicted molar refractivity (Wildman–Crippen MR) is 86.6 cm³/mol. The third kappa shape index (κ3) is 2.08. The van der Waals surface area contributed by atoms with E-state index in [0.29, 0.717) is 10.4 Å². The Bertz CT molecular complexity index is 882. The second-order valence-electron chi connectivity index (χ2n) is 5.00. The Hall–Kier alpha value is -1.72. The van der Waals surface area contributed by atoms with Crippen molar-refractivity contribution in [2.24, 2.45) is 0 Å². The average Bonchev–Trinajstić information content (AvgIpc) is 2.86. The molecule has 1 aliphatic heterocycles. The molecule has 0 unspecified atom stereocenters. The SMILES string of the molecule is O=c1c2cnc3c(c2[nH]n1-c1ccc(Cl)cc1)CSCC3. The molecule has 0 radical (unpaired) electrons. The number of nitrogens with zero attached hydrogens (tertiary/aromatic N) is 2. The lowest BCUT2D eigenvalue weighted by molar-refractivity contribution is 0.861. The number of aromatic nitrogens is 3. The summed E-state index contributed by atoms with van der Waals surface area (Å²) in [5, 5.41) is 4.53. The highest BCUT2D eigenvalue weighted by molar-refractivity contribution is 7.98. The van der Waals surface area contributed by atoms with Gasteiger partial charge in [0.05, 0.1) is 16.6 Å². The van der Waals surface area contributed by atoms with Crippen LogP contribution in [0.15, 0.2) is 35.3 Å². The third-order valence-electron chi connectivity index (χ3n) is 3.74. The number of fused-ring (bicyclic) bond motifs is 3. The summed E-state index contributed by atoms with van der Waals surface area (Å²) in [4.78, 5) is 17.0. The fourth-order valence-electron chi connectivity index (χ4n) is 2.65. The summed E-state index contributed by atoms with van der Waals surface area (Å²) >= 11 is 7.78. The van der Waals surface area contributed by atoms with Crippen LogP contribution < -0.4 is 5.56 Å². The van der Waals surface area contributed by atoms with Crippen LogP contribution in [0.25, 0.3) is 16.6 Å². The van der Waals surface area contributed by atoms with Gasteiger partial charge in [0.2, 0.25) is 0 Å². The standard InChI is InChI=1S/C15H12ClN3OS/c16-9-1-3-10(4-2-9)19-15(20)11-7-17-13-5-6-21-8-12(13)14(11)18-19/h1-4,7,18H,5-6,8H2. The molecule has 0 atom stereocenters. The van der Waals surface area contributed by atoms with Crippen molar-refractivity contribution in [3.8, 4) is 5.69 Å². The van der Waals surface area contributed by atoms with Crippen LogP contribution in [0.3, 0.4) is 0 Å². The number of aryl methyl sites for hydroxylation is 1. The predicted octanol–water partition coefficient (Wildman–Crippen LogP) is 3.16. The van der Waals surface area contributed by atoms with E-state index in [0.717, 1.165) is 40.4 Å². The highest BCUT2D eigenvalue weighted by Crippen LogP contribution is 2.28. The van der Waals surface area contributed by atoms with E-state index in [4.69, 9.17) is 11.6 Å². The maximum absolute atomic E-state index is 12.6. The highest BCUT2D eigenvalue weighted by atomic mass is 35.5. The molecule has 6 heteroatoms. The van der Waals surface area contributed by atoms with Gasteiger partial charge in [0.25, 0.3) is 5.56 Å². The maximum Gasteiger partial charge on any atom is 0.280 e. The van der Waals surface area contributed by atoms with Gasteiger partial charge in [-0.1, -0.05) is 11.6 Å². The Kier molecular flexibility index (Phi) is 3.05. The van der Waals surface area contributed by atoms with Crippen molar-refractivity contribution in [3.05, 3.63) is 57.1 Å². The second kappa shape index (κ2) is 4.93. The summed E-state index contributed by atoms with van der Waals surface area (Å²) in [6.45, 7) is 0. The number of hydrogen-bond donors (Lipinski definition) is 1. The van der Waals surface area contributed by atoms with E-state index in [1.807, 2.05) is 23.9 Å². The van der Waals surface area contributed by atoms with Crippen molar-refractivity contribution < 1.29 is 0 Å². The first-order chi connectivity index (χ1) is 10.2. The number of H-pyrrole nitrogens is 1. The van der Waals surface area contributed by atoms with Crippen LogP contribution in [-0.2, 0) is 12.2 Å². The maximum atomic E-state index is 12.6. The monoisotopic (exact) mass is 317 g/mol. The van der Waals surface area contributed by atoms with Gasteiger partial charge in [-0.05, 0) is 36.4 Å². The number of pyridine rings is 1. The summed E-state index contributed by atoms with van der Waals surface area (Å²) in [6, 6.07) is 7.21. The van der Waals surface area contributed by atoms with Crippen molar-refractivity contribution >= 4 is 34.3 Å². The van der Waals surface area contributed by atoms with Gasteiger partial charge >= 0.3 is 0 Å². The van der Waals surface area contributed by atoms with Crippen LogP contribution in [0.5, 0.6) is 0 Å². The molecule has 0 spiro atoms. The van der Waals surface area contributed by atoms with Crippen LogP contribution in [0.4, 0.5) is 0 Å². The van der Waals surface area contributed by atoms with Crippen molar-refractivity contribution in [2.45, 2.75) is 12.2 Å². The molecular formula is C15H12ClN3OS. The number of nitrogens with one attached hydrogen (secondary N) is 1. The smallest absolute Gasteiger partial charge is 0.280 e. The first kappa shape index (κ1) is 13.0. The number of thioether (sulfide) groups is 1. The molecule has 21 heavy (non-hydrogen) atoms. The lowest BCUT2D eigenvalue weighted by Gasteiger charge is -2.14. The molecule has 0 bridgehead atoms. The van der Waals surface area contributed by atoms with Crippen molar-refractivity contribution in [1.29, 1.82) is 0 Å². The Labute approximate surface area is 130 Å². The quantitative estimate of drug-likeness (QED) is 0.750. The topological polar surface area (TPSA) is 50.7 Å². The van der Waals surface area contributed by atoms with Crippen molar-refractivity contribution in [3.63, 3.8) is 0 Å². The molecule has 4 nitrogen and oxygen atoms in total. The Morgan fingerprint density at radius 2 is 2.10 bits per heavy atom. The Morgan fingerprint density at radius 1 is 1.29 bits per heavy atom. The lowest BCUT2D eigenvalue weighted by atomic mass is 10.1. The molecular weight excluding hydrogens is 306 g/mol. The third-order valence-corrected chi connectivity index (χ3v) is 4.98. The van der Waals surface area contributed by atoms with Crippen LogP contribution in [0, 0.1) is 0 Å². The summed E-state index contributed by atoms with van der Waals surface area (Å²) in [5.74, 6) is 1.99. The van der Waals surface area contributed by atoms with Crippen LogP contribution >= 0.6 is 23.4 Å². The van der Waals surface area contributed by atoms with E-state index >= 15 is 0 Å². The normalized spacial score (nSPS) is 14.3. The number of aromatic amines is 1. The largest absolute Gasteiger partial charge is 0.290 e. The van der Waals surface area contributed by atoms with Crippen LogP contribution in [0.2, 0.25) is 5.02 Å². The fraction of sp³-hybridized carbons (Fsp3) is 0.200. The minimum absolute atomic E-state index is 0.0711. The van der Waals surface area contributed by atoms with Gasteiger partial charge in [0.1, 0.15) is 0 Å². The first-order valence-corrected chi connectivity index (χ1v) is 8.22. The second-order valence-corrected chi connectivity index (χ2v) is 6.55. The zero-order chi connectivity index (χ0) is 14.4. The van der Waals surface area contributed by atoms with Gasteiger partial charge in [-0.25, -0.2) is 4.68 Å². The average molecular weight is 318 g/mol. The number of rotatable bonds is 1. The van der Waals surface area contributed by atoms with Gasteiger partial charge in [0.15, 0.2) is 0 Å². The number of benzene rings is 1. The summed E-state index contributed by atoms with van der Waals surface area (Å²) in [6.07, 6.45) is 2.65. The van der Waals surface area contributed by atoms with E-state index in [-0.39, 0.29) is 5.56 Å². The van der Waals surface area contributed by atoms with E-state index in [1.54, 1.807) is 23.0 Å². The number of halogens is 1. The molecule has 0 amide bonds. The zero-order valence-corrected chi connectivity index (χ0v) is 12.7. The van der Waals surface area contributed by atoms with Crippen molar-refractivity contribution in [2.75, 3.05) is 5.75 Å². The molecule has 2 aromatic heterocycles. The molecule has 0 saturated carbocycles. The van der Waals surface area contributed by atoms with Crippen LogP contribution in [0.1, 0.15) is 11.3 Å². The summed E-state index contributed by atoms with van der Waals surface area (Å²) in [5.41, 5.74) is 3.88. The minimum atomic E-state index is -0.0711. The first-order valence-electron chi connectivity index (χ1n) is 6.69. The molecule has 3 heterocycles. The molecule has 1 N–H and O–H groups in total. The Morgan fingerprint density at radius 3 is 2.90 bits per heavy atom. The van der Waals surface area contributed by atoms with Gasteiger partial charge in [-0.2, -0.15) is 11.8 Å². The minimum Gasteiger partial charge on any atom is -0.290 e. The van der Waals surface area contributed by atoms with Gasteiger partial charge in [-0.3, -0.25) is 14.9 Å². The molecule has 0 fully saturated rings. The molecule has 3 aromatic rings. The van der Waals surface area contributed by atoms with E-state index in [1.165, 1.54) is 0 Å². The Balaban J connectivity index is 1.97. The van der Waals surface area contributed by atoms with Crippen LogP contribution in [-0.4, -0.2) is 20.5 Å². The number of hydrogen-bond acceptors (Lipinski definition) is 3. The molecule has 0 aliphatic carbocycles. The lowest BCUT2D eigenvalue weighted by Crippen LogP contribution is -2.14. The fourth-order valence-corrected chi connectivity index (χ4v) is 3.77. The molecule has 4 rings (SSSR count). The molecule has 1 aliphatic rings. The highest BCUT2D eigenvalue weighted by Gasteiger charge is 2.18. The van der Waals surface area contributed by atoms with E-state index < -0.39 is 0 Å². The van der Waals surface area contributed by atoms with Crippen molar-refractivity contribution in [1.82, 2.24) is 14.8 Å². The van der Waals surface area contributed by atoms with Gasteiger partial charge < -0.3 is 0 Å².